The molecule has 11 nitrogen and oxygen atoms in total. The highest BCUT2D eigenvalue weighted by molar-refractivity contribution is 7.86. The lowest BCUT2D eigenvalue weighted by atomic mass is 9.42. The van der Waals surface area contributed by atoms with Crippen LogP contribution >= 0.6 is 0 Å². The van der Waals surface area contributed by atoms with Crippen molar-refractivity contribution in [2.75, 3.05) is 54.4 Å². The Hall–Kier alpha value is -0.410. The molecule has 6 rings (SSSR count). The average molecular weight is 562 g/mol. The molecule has 3 N–H and O–H groups in total. The number of likely N-dealkylation sites (tertiary alicyclic amines) is 1. The minimum atomic E-state index is -3.98. The number of rotatable bonds is 8. The number of methoxy groups -OCH3 is 4. The molecule has 38 heavy (non-hydrogen) atoms. The predicted molar refractivity (Wildman–Crippen MR) is 134 cm³/mol. The van der Waals surface area contributed by atoms with Crippen molar-refractivity contribution in [3.05, 3.63) is 0 Å². The SMILES string of the molecule is CCN1C[C@]2(COC)[C@H](O)C[C@H](OC)[C@]34C1[C@H]([C@H](OC)[C@H]23)[C@@]1(O)C[C@H](OC)[C@@]2(O)C[C@@H]4[C@@H]1[C@H]2OS(C)(=O)=O. The van der Waals surface area contributed by atoms with Crippen molar-refractivity contribution in [2.24, 2.45) is 34.5 Å². The van der Waals surface area contributed by atoms with E-state index in [1.807, 2.05) is 0 Å². The minimum Gasteiger partial charge on any atom is -0.392 e. The van der Waals surface area contributed by atoms with E-state index in [0.717, 1.165) is 6.26 Å². The van der Waals surface area contributed by atoms with Gasteiger partial charge in [0.25, 0.3) is 10.1 Å². The molecule has 0 aromatic heterocycles. The van der Waals surface area contributed by atoms with Crippen LogP contribution in [-0.4, -0.2) is 131 Å². The fraction of sp³-hybridized carbons (Fsp3) is 1.00. The van der Waals surface area contributed by atoms with Gasteiger partial charge < -0.3 is 34.3 Å². The van der Waals surface area contributed by atoms with E-state index in [1.54, 1.807) is 21.3 Å². The van der Waals surface area contributed by atoms with Crippen LogP contribution in [0.2, 0.25) is 0 Å². The summed E-state index contributed by atoms with van der Waals surface area (Å²) in [7, 11) is 2.43. The molecular formula is C26H43NO10S. The van der Waals surface area contributed by atoms with Gasteiger partial charge in [0, 0.05) is 82.5 Å². The summed E-state index contributed by atoms with van der Waals surface area (Å²) in [6, 6.07) is -0.173. The maximum Gasteiger partial charge on any atom is 0.264 e. The number of hydrogen-bond acceptors (Lipinski definition) is 11. The molecule has 14 atom stereocenters. The number of ether oxygens (including phenoxy) is 4. The Labute approximate surface area is 224 Å². The van der Waals surface area contributed by atoms with Crippen molar-refractivity contribution >= 4 is 10.1 Å². The molecule has 1 spiro atoms. The second-order valence-electron chi connectivity index (χ2n) is 12.8. The highest BCUT2D eigenvalue weighted by atomic mass is 32.2. The Kier molecular flexibility index (Phi) is 6.25. The predicted octanol–water partition coefficient (Wildman–Crippen LogP) is -0.774. The highest BCUT2D eigenvalue weighted by Gasteiger charge is 2.89. The van der Waals surface area contributed by atoms with Crippen LogP contribution in [0.25, 0.3) is 0 Å². The number of nitrogens with zero attached hydrogens (tertiary/aromatic N) is 1. The van der Waals surface area contributed by atoms with E-state index in [2.05, 4.69) is 11.8 Å². The van der Waals surface area contributed by atoms with Crippen LogP contribution in [0.1, 0.15) is 26.2 Å². The molecule has 5 aliphatic carbocycles. The summed E-state index contributed by atoms with van der Waals surface area (Å²) in [5, 5.41) is 36.8. The first-order valence-corrected chi connectivity index (χ1v) is 15.5. The third-order valence-corrected chi connectivity index (χ3v) is 12.4. The van der Waals surface area contributed by atoms with Gasteiger partial charge >= 0.3 is 0 Å². The monoisotopic (exact) mass is 561 g/mol. The van der Waals surface area contributed by atoms with Crippen LogP contribution in [-0.2, 0) is 33.2 Å². The van der Waals surface area contributed by atoms with Gasteiger partial charge in [0.15, 0.2) is 0 Å². The summed E-state index contributed by atoms with van der Waals surface area (Å²) >= 11 is 0. The molecule has 1 saturated heterocycles. The van der Waals surface area contributed by atoms with Crippen LogP contribution in [0, 0.1) is 34.5 Å². The normalized spacial score (nSPS) is 56.9. The Morgan fingerprint density at radius 1 is 0.974 bits per heavy atom. The molecule has 1 aliphatic heterocycles. The maximum atomic E-state index is 12.9. The molecule has 0 aromatic rings. The number of fused-ring (bicyclic) bond motifs is 2. The Bertz CT molecular complexity index is 1080. The van der Waals surface area contributed by atoms with Crippen molar-refractivity contribution in [3.8, 4) is 0 Å². The van der Waals surface area contributed by atoms with Gasteiger partial charge in [0.2, 0.25) is 0 Å². The lowest BCUT2D eigenvalue weighted by molar-refractivity contribution is -0.296. The lowest BCUT2D eigenvalue weighted by Gasteiger charge is -2.70. The Balaban J connectivity index is 1.66. The van der Waals surface area contributed by atoms with E-state index in [0.29, 0.717) is 26.1 Å². The molecular weight excluding hydrogens is 518 g/mol. The van der Waals surface area contributed by atoms with E-state index >= 15 is 0 Å². The quantitative estimate of drug-likeness (QED) is 0.321. The second-order valence-corrected chi connectivity index (χ2v) is 14.4. The molecule has 12 heteroatoms. The Morgan fingerprint density at radius 3 is 2.21 bits per heavy atom. The summed E-state index contributed by atoms with van der Waals surface area (Å²) in [4.78, 5) is 2.34. The van der Waals surface area contributed by atoms with Gasteiger partial charge in [0.05, 0.1) is 42.9 Å². The third-order valence-electron chi connectivity index (χ3n) is 11.8. The number of piperidine rings is 1. The fourth-order valence-electron chi connectivity index (χ4n) is 11.2. The van der Waals surface area contributed by atoms with Gasteiger partial charge in [-0.1, -0.05) is 6.92 Å². The third kappa shape index (κ3) is 2.98. The van der Waals surface area contributed by atoms with Gasteiger partial charge in [-0.25, -0.2) is 0 Å². The molecule has 218 valence electrons. The van der Waals surface area contributed by atoms with Crippen molar-refractivity contribution in [3.63, 3.8) is 0 Å². The topological polar surface area (TPSA) is 144 Å². The molecule has 5 saturated carbocycles. The smallest absolute Gasteiger partial charge is 0.264 e. The molecule has 1 unspecified atom stereocenters. The molecule has 0 radical (unpaired) electrons. The fourth-order valence-corrected chi connectivity index (χ4v) is 11.9. The minimum absolute atomic E-state index is 0.129. The maximum absolute atomic E-state index is 12.9. The van der Waals surface area contributed by atoms with E-state index in [1.165, 1.54) is 7.11 Å². The lowest BCUT2D eigenvalue weighted by Crippen LogP contribution is -2.79. The zero-order chi connectivity index (χ0) is 27.6. The first-order valence-electron chi connectivity index (χ1n) is 13.7. The number of hydrogen-bond donors (Lipinski definition) is 3. The molecule has 0 amide bonds. The van der Waals surface area contributed by atoms with Crippen molar-refractivity contribution < 1.29 is 46.9 Å². The highest BCUT2D eigenvalue weighted by Crippen LogP contribution is 2.80. The first-order chi connectivity index (χ1) is 17.8. The van der Waals surface area contributed by atoms with E-state index in [-0.39, 0.29) is 30.7 Å². The molecule has 6 fully saturated rings. The van der Waals surface area contributed by atoms with Gasteiger partial charge in [-0.2, -0.15) is 8.42 Å². The van der Waals surface area contributed by atoms with E-state index in [9.17, 15) is 23.7 Å². The van der Waals surface area contributed by atoms with Gasteiger partial charge in [0.1, 0.15) is 11.7 Å². The van der Waals surface area contributed by atoms with Crippen LogP contribution in [0.15, 0.2) is 0 Å². The number of aliphatic hydroxyl groups is 3. The summed E-state index contributed by atoms with van der Waals surface area (Å²) < 4.78 is 54.9. The number of aliphatic hydroxyl groups excluding tert-OH is 1. The van der Waals surface area contributed by atoms with Crippen molar-refractivity contribution in [1.29, 1.82) is 0 Å². The largest absolute Gasteiger partial charge is 0.392 e. The van der Waals surface area contributed by atoms with Gasteiger partial charge in [-0.3, -0.25) is 9.08 Å². The van der Waals surface area contributed by atoms with E-state index < -0.39 is 74.5 Å². The summed E-state index contributed by atoms with van der Waals surface area (Å²) in [5.41, 5.74) is -4.42. The standard InChI is InChI=1S/C26H43NO10S/c1-7-27-11-23(12-33-2)14(28)8-15(34-3)26-13-9-24(29)16(35-4)10-25(30,17(13)22(24)37-38(6,31)32)18(21(26)27)19(36-5)20(23)26/h13-22,28-30H,7-12H2,1-6H3/t13-,14-,15+,16+,17-,18+,19+,20-,21?,22-,23+,24+,25-,26+/m1/s1. The molecule has 0 aromatic carbocycles. The van der Waals surface area contributed by atoms with Gasteiger partial charge in [-0.05, 0) is 18.9 Å². The van der Waals surface area contributed by atoms with Crippen molar-refractivity contribution in [1.82, 2.24) is 4.90 Å². The molecule has 6 aliphatic rings. The zero-order valence-electron chi connectivity index (χ0n) is 23.1. The average Bonchev–Trinajstić information content (AvgIpc) is 3.22. The summed E-state index contributed by atoms with van der Waals surface area (Å²) in [5.74, 6) is -1.78. The van der Waals surface area contributed by atoms with Crippen LogP contribution in [0.5, 0.6) is 0 Å². The zero-order valence-corrected chi connectivity index (χ0v) is 23.9. The molecule has 1 heterocycles. The first kappa shape index (κ1) is 27.7. The van der Waals surface area contributed by atoms with Crippen LogP contribution in [0.3, 0.4) is 0 Å². The molecule has 7 bridgehead atoms. The van der Waals surface area contributed by atoms with E-state index in [4.69, 9.17) is 23.1 Å². The van der Waals surface area contributed by atoms with Gasteiger partial charge in [-0.15, -0.1) is 0 Å². The Morgan fingerprint density at radius 2 is 1.66 bits per heavy atom. The van der Waals surface area contributed by atoms with Crippen molar-refractivity contribution in [2.45, 2.75) is 73.9 Å². The van der Waals surface area contributed by atoms with Crippen LogP contribution < -0.4 is 0 Å². The summed E-state index contributed by atoms with van der Waals surface area (Å²) in [6.45, 7) is 3.63. The second kappa shape index (κ2) is 8.56. The van der Waals surface area contributed by atoms with Crippen LogP contribution in [0.4, 0.5) is 0 Å². The summed E-state index contributed by atoms with van der Waals surface area (Å²) in [6.07, 6.45) is -1.96.